The fraction of sp³-hybridized carbons (Fsp3) is 0.222. The van der Waals surface area contributed by atoms with Crippen molar-refractivity contribution in [2.24, 2.45) is 0 Å². The molecule has 2 aromatic heterocycles. The summed E-state index contributed by atoms with van der Waals surface area (Å²) < 4.78 is 1.64. The van der Waals surface area contributed by atoms with Crippen molar-refractivity contribution in [2.45, 2.75) is 31.4 Å². The van der Waals surface area contributed by atoms with Gasteiger partial charge in [-0.2, -0.15) is 0 Å². The van der Waals surface area contributed by atoms with Crippen LogP contribution in [0.1, 0.15) is 22.5 Å². The van der Waals surface area contributed by atoms with E-state index >= 15 is 0 Å². The van der Waals surface area contributed by atoms with Crippen LogP contribution in [0.5, 0.6) is 0 Å². The molecule has 3 rings (SSSR count). The second-order valence-corrected chi connectivity index (χ2v) is 6.52. The SMILES string of the molecule is Cc1ccc(C)c(SCc2cc(=O)n3c(C)cccc3n2)c1. The number of aryl methyl sites for hydroxylation is 3. The lowest BCUT2D eigenvalue weighted by Crippen LogP contribution is -2.17. The average Bonchev–Trinajstić information content (AvgIpc) is 2.48. The molecule has 22 heavy (non-hydrogen) atoms. The lowest BCUT2D eigenvalue weighted by atomic mass is 10.2. The van der Waals surface area contributed by atoms with E-state index in [0.29, 0.717) is 11.4 Å². The minimum absolute atomic E-state index is 0.0142. The molecule has 0 radical (unpaired) electrons. The van der Waals surface area contributed by atoms with Gasteiger partial charge in [0.2, 0.25) is 0 Å². The van der Waals surface area contributed by atoms with Gasteiger partial charge in [-0.05, 0) is 44.5 Å². The Hall–Kier alpha value is -2.07. The number of hydrogen-bond donors (Lipinski definition) is 0. The highest BCUT2D eigenvalue weighted by atomic mass is 32.2. The molecule has 4 heteroatoms. The van der Waals surface area contributed by atoms with Crippen LogP contribution in [0.2, 0.25) is 0 Å². The molecule has 0 spiro atoms. The molecule has 2 heterocycles. The highest BCUT2D eigenvalue weighted by Crippen LogP contribution is 2.26. The number of nitrogens with zero attached hydrogens (tertiary/aromatic N) is 2. The highest BCUT2D eigenvalue weighted by molar-refractivity contribution is 7.98. The topological polar surface area (TPSA) is 34.4 Å². The van der Waals surface area contributed by atoms with Gasteiger partial charge in [-0.1, -0.05) is 23.8 Å². The first-order valence-corrected chi connectivity index (χ1v) is 8.21. The van der Waals surface area contributed by atoms with Crippen LogP contribution in [-0.2, 0) is 5.75 Å². The van der Waals surface area contributed by atoms with Crippen LogP contribution in [0.3, 0.4) is 0 Å². The molecular formula is C18H18N2OS. The van der Waals surface area contributed by atoms with Crippen LogP contribution >= 0.6 is 11.8 Å². The lowest BCUT2D eigenvalue weighted by molar-refractivity contribution is 0.968. The van der Waals surface area contributed by atoms with Crippen molar-refractivity contribution in [1.29, 1.82) is 0 Å². The molecule has 0 fully saturated rings. The van der Waals surface area contributed by atoms with Crippen LogP contribution in [0.15, 0.2) is 52.2 Å². The smallest absolute Gasteiger partial charge is 0.258 e. The molecule has 0 aliphatic carbocycles. The molecule has 0 saturated heterocycles. The third-order valence-electron chi connectivity index (χ3n) is 3.65. The molecule has 0 unspecified atom stereocenters. The van der Waals surface area contributed by atoms with E-state index in [9.17, 15) is 4.79 Å². The van der Waals surface area contributed by atoms with Gasteiger partial charge in [0.25, 0.3) is 5.56 Å². The summed E-state index contributed by atoms with van der Waals surface area (Å²) in [4.78, 5) is 18.1. The van der Waals surface area contributed by atoms with Crippen molar-refractivity contribution >= 4 is 17.4 Å². The van der Waals surface area contributed by atoms with Crippen LogP contribution < -0.4 is 5.56 Å². The number of fused-ring (bicyclic) bond motifs is 1. The third kappa shape index (κ3) is 2.92. The Morgan fingerprint density at radius 2 is 1.91 bits per heavy atom. The Morgan fingerprint density at radius 1 is 1.09 bits per heavy atom. The molecule has 0 aliphatic heterocycles. The maximum Gasteiger partial charge on any atom is 0.258 e. The second kappa shape index (κ2) is 5.97. The van der Waals surface area contributed by atoms with Gasteiger partial charge in [0.1, 0.15) is 5.65 Å². The summed E-state index contributed by atoms with van der Waals surface area (Å²) in [6.45, 7) is 6.11. The monoisotopic (exact) mass is 310 g/mol. The molecule has 3 nitrogen and oxygen atoms in total. The van der Waals surface area contributed by atoms with Gasteiger partial charge in [-0.15, -0.1) is 11.8 Å². The summed E-state index contributed by atoms with van der Waals surface area (Å²) in [7, 11) is 0. The Labute approximate surface area is 134 Å². The van der Waals surface area contributed by atoms with E-state index in [-0.39, 0.29) is 5.56 Å². The van der Waals surface area contributed by atoms with Gasteiger partial charge in [-0.3, -0.25) is 9.20 Å². The number of benzene rings is 1. The normalized spacial score (nSPS) is 11.0. The summed E-state index contributed by atoms with van der Waals surface area (Å²) in [6, 6.07) is 13.8. The predicted octanol–water partition coefficient (Wildman–Crippen LogP) is 3.91. The van der Waals surface area contributed by atoms with E-state index in [1.807, 2.05) is 25.1 Å². The number of pyridine rings is 1. The first kappa shape index (κ1) is 14.9. The quantitative estimate of drug-likeness (QED) is 0.688. The van der Waals surface area contributed by atoms with Crippen molar-refractivity contribution in [3.05, 3.63) is 75.3 Å². The summed E-state index contributed by atoms with van der Waals surface area (Å²) in [6.07, 6.45) is 0. The fourth-order valence-corrected chi connectivity index (χ4v) is 3.47. The van der Waals surface area contributed by atoms with Gasteiger partial charge in [-0.25, -0.2) is 4.98 Å². The largest absolute Gasteiger partial charge is 0.269 e. The fourth-order valence-electron chi connectivity index (χ4n) is 2.45. The Balaban J connectivity index is 1.92. The zero-order valence-corrected chi connectivity index (χ0v) is 13.8. The summed E-state index contributed by atoms with van der Waals surface area (Å²) >= 11 is 1.73. The second-order valence-electron chi connectivity index (χ2n) is 5.50. The average molecular weight is 310 g/mol. The molecule has 1 aromatic carbocycles. The van der Waals surface area contributed by atoms with Crippen LogP contribution in [0.25, 0.3) is 5.65 Å². The minimum Gasteiger partial charge on any atom is -0.269 e. The van der Waals surface area contributed by atoms with Gasteiger partial charge < -0.3 is 0 Å². The molecule has 0 aliphatic rings. The Morgan fingerprint density at radius 3 is 2.73 bits per heavy atom. The number of thioether (sulfide) groups is 1. The maximum absolute atomic E-state index is 12.3. The van der Waals surface area contributed by atoms with E-state index in [0.717, 1.165) is 11.4 Å². The Kier molecular flexibility index (Phi) is 4.03. The Bertz CT molecular complexity index is 899. The molecule has 3 aromatic rings. The number of rotatable bonds is 3. The molecular weight excluding hydrogens is 292 g/mol. The molecule has 0 bridgehead atoms. The van der Waals surface area contributed by atoms with Crippen LogP contribution in [0.4, 0.5) is 0 Å². The summed E-state index contributed by atoms with van der Waals surface area (Å²) in [5.74, 6) is 0.698. The van der Waals surface area contributed by atoms with Crippen molar-refractivity contribution in [1.82, 2.24) is 9.38 Å². The first-order valence-electron chi connectivity index (χ1n) is 7.23. The van der Waals surface area contributed by atoms with Crippen molar-refractivity contribution in [3.8, 4) is 0 Å². The molecule has 0 saturated carbocycles. The van der Waals surface area contributed by atoms with Gasteiger partial charge in [0.15, 0.2) is 0 Å². The van der Waals surface area contributed by atoms with Gasteiger partial charge >= 0.3 is 0 Å². The van der Waals surface area contributed by atoms with Crippen LogP contribution in [-0.4, -0.2) is 9.38 Å². The van der Waals surface area contributed by atoms with E-state index in [4.69, 9.17) is 0 Å². The maximum atomic E-state index is 12.3. The van der Waals surface area contributed by atoms with Crippen molar-refractivity contribution < 1.29 is 0 Å². The first-order chi connectivity index (χ1) is 10.5. The van der Waals surface area contributed by atoms with E-state index in [1.54, 1.807) is 22.2 Å². The summed E-state index contributed by atoms with van der Waals surface area (Å²) in [5.41, 5.74) is 4.92. The molecule has 0 N–H and O–H groups in total. The van der Waals surface area contributed by atoms with Crippen LogP contribution in [0, 0.1) is 20.8 Å². The van der Waals surface area contributed by atoms with Gasteiger partial charge in [0.05, 0.1) is 5.69 Å². The zero-order valence-electron chi connectivity index (χ0n) is 13.0. The van der Waals surface area contributed by atoms with Crippen molar-refractivity contribution in [2.75, 3.05) is 0 Å². The highest BCUT2D eigenvalue weighted by Gasteiger charge is 2.06. The predicted molar refractivity (Wildman–Crippen MR) is 91.7 cm³/mol. The number of aromatic nitrogens is 2. The molecule has 0 atom stereocenters. The van der Waals surface area contributed by atoms with Gasteiger partial charge in [0, 0.05) is 22.4 Å². The van der Waals surface area contributed by atoms with Crippen molar-refractivity contribution in [3.63, 3.8) is 0 Å². The van der Waals surface area contributed by atoms with E-state index in [1.165, 1.54) is 16.0 Å². The molecule has 0 amide bonds. The number of hydrogen-bond acceptors (Lipinski definition) is 3. The minimum atomic E-state index is -0.0142. The van der Waals surface area contributed by atoms with E-state index < -0.39 is 0 Å². The molecule has 112 valence electrons. The third-order valence-corrected chi connectivity index (χ3v) is 4.84. The lowest BCUT2D eigenvalue weighted by Gasteiger charge is -2.08. The summed E-state index contributed by atoms with van der Waals surface area (Å²) in [5, 5.41) is 0. The zero-order chi connectivity index (χ0) is 15.7. The van der Waals surface area contributed by atoms with E-state index in [2.05, 4.69) is 37.0 Å². The standard InChI is InChI=1S/C18H18N2OS/c1-12-7-8-13(2)16(9-12)22-11-15-10-18(21)20-14(3)5-4-6-17(20)19-15/h4-10H,11H2,1-3H3.